The molecule has 2 aromatic rings. The molecule has 0 bridgehead atoms. The molecule has 0 heterocycles. The smallest absolute Gasteiger partial charge is 0.255 e. The molecule has 0 saturated carbocycles. The van der Waals surface area contributed by atoms with Crippen LogP contribution in [0.1, 0.15) is 61.2 Å². The standard InChI is InChI=1S/C22H27NO2/c1-5-25-20-14-17-8-6-7-16(17)13-19(20)23-21(24)15-9-11-18(12-10-15)22(2,3)4/h9-14H,5-8H2,1-4H3,(H,23,24). The largest absolute Gasteiger partial charge is 0.492 e. The highest BCUT2D eigenvalue weighted by Gasteiger charge is 2.18. The average molecular weight is 337 g/mol. The summed E-state index contributed by atoms with van der Waals surface area (Å²) in [5.41, 5.74) is 5.40. The van der Waals surface area contributed by atoms with Crippen molar-refractivity contribution in [1.29, 1.82) is 0 Å². The van der Waals surface area contributed by atoms with Crippen molar-refractivity contribution in [2.75, 3.05) is 11.9 Å². The molecule has 0 radical (unpaired) electrons. The second kappa shape index (κ2) is 6.91. The third kappa shape index (κ3) is 3.87. The Balaban J connectivity index is 1.83. The number of benzene rings is 2. The molecule has 1 aliphatic carbocycles. The number of hydrogen-bond donors (Lipinski definition) is 1. The molecule has 3 heteroatoms. The Morgan fingerprint density at radius 3 is 2.32 bits per heavy atom. The lowest BCUT2D eigenvalue weighted by Gasteiger charge is -2.19. The van der Waals surface area contributed by atoms with E-state index in [2.05, 4.69) is 38.2 Å². The van der Waals surface area contributed by atoms with Gasteiger partial charge in [-0.05, 0) is 72.6 Å². The van der Waals surface area contributed by atoms with Crippen LogP contribution >= 0.6 is 0 Å². The van der Waals surface area contributed by atoms with Crippen molar-refractivity contribution in [2.45, 2.75) is 52.4 Å². The predicted molar refractivity (Wildman–Crippen MR) is 103 cm³/mol. The minimum Gasteiger partial charge on any atom is -0.492 e. The first-order chi connectivity index (χ1) is 11.9. The Morgan fingerprint density at radius 1 is 1.08 bits per heavy atom. The van der Waals surface area contributed by atoms with Gasteiger partial charge in [-0.1, -0.05) is 32.9 Å². The fourth-order valence-corrected chi connectivity index (χ4v) is 3.29. The number of carbonyl (C=O) groups excluding carboxylic acids is 1. The van der Waals surface area contributed by atoms with E-state index < -0.39 is 0 Å². The molecule has 3 rings (SSSR count). The molecule has 2 aromatic carbocycles. The minimum absolute atomic E-state index is 0.0805. The van der Waals surface area contributed by atoms with Crippen molar-refractivity contribution >= 4 is 11.6 Å². The van der Waals surface area contributed by atoms with Gasteiger partial charge in [-0.2, -0.15) is 0 Å². The number of ether oxygens (including phenoxy) is 1. The number of rotatable bonds is 4. The number of hydrogen-bond acceptors (Lipinski definition) is 2. The lowest BCUT2D eigenvalue weighted by atomic mass is 9.87. The summed E-state index contributed by atoms with van der Waals surface area (Å²) in [5.74, 6) is 0.669. The van der Waals surface area contributed by atoms with E-state index in [9.17, 15) is 4.79 Å². The van der Waals surface area contributed by atoms with Gasteiger partial charge in [0.25, 0.3) is 5.91 Å². The molecule has 0 aromatic heterocycles. The molecule has 0 spiro atoms. The zero-order valence-corrected chi connectivity index (χ0v) is 15.6. The molecule has 0 aliphatic heterocycles. The molecular weight excluding hydrogens is 310 g/mol. The summed E-state index contributed by atoms with van der Waals surface area (Å²) in [6.45, 7) is 9.05. The van der Waals surface area contributed by atoms with Crippen LogP contribution in [0.5, 0.6) is 5.75 Å². The average Bonchev–Trinajstić information content (AvgIpc) is 3.02. The zero-order chi connectivity index (χ0) is 18.0. The Morgan fingerprint density at radius 2 is 1.72 bits per heavy atom. The van der Waals surface area contributed by atoms with E-state index in [0.717, 1.165) is 24.3 Å². The maximum Gasteiger partial charge on any atom is 0.255 e. The normalized spacial score (nSPS) is 13.4. The monoisotopic (exact) mass is 337 g/mol. The molecular formula is C22H27NO2. The number of anilines is 1. The Kier molecular flexibility index (Phi) is 4.85. The van der Waals surface area contributed by atoms with Crippen LogP contribution in [-0.2, 0) is 18.3 Å². The van der Waals surface area contributed by atoms with Gasteiger partial charge >= 0.3 is 0 Å². The number of fused-ring (bicyclic) bond motifs is 1. The van der Waals surface area contributed by atoms with Crippen LogP contribution in [0.2, 0.25) is 0 Å². The summed E-state index contributed by atoms with van der Waals surface area (Å²) in [6.07, 6.45) is 3.34. The second-order valence-electron chi connectivity index (χ2n) is 7.69. The summed E-state index contributed by atoms with van der Waals surface area (Å²) in [5, 5.41) is 3.04. The van der Waals surface area contributed by atoms with Gasteiger partial charge in [0, 0.05) is 5.56 Å². The molecule has 1 aliphatic rings. The second-order valence-corrected chi connectivity index (χ2v) is 7.69. The summed E-state index contributed by atoms with van der Waals surface area (Å²) < 4.78 is 5.75. The maximum absolute atomic E-state index is 12.7. The molecule has 0 unspecified atom stereocenters. The van der Waals surface area contributed by atoms with Gasteiger partial charge in [-0.3, -0.25) is 4.79 Å². The van der Waals surface area contributed by atoms with Gasteiger partial charge in [0.2, 0.25) is 0 Å². The fraction of sp³-hybridized carbons (Fsp3) is 0.409. The van der Waals surface area contributed by atoms with E-state index in [-0.39, 0.29) is 11.3 Å². The van der Waals surface area contributed by atoms with Gasteiger partial charge in [0.05, 0.1) is 12.3 Å². The third-order valence-corrected chi connectivity index (χ3v) is 4.76. The van der Waals surface area contributed by atoms with Crippen LogP contribution in [0.25, 0.3) is 0 Å². The summed E-state index contributed by atoms with van der Waals surface area (Å²) in [7, 11) is 0. The van der Waals surface area contributed by atoms with Gasteiger partial charge in [0.1, 0.15) is 5.75 Å². The van der Waals surface area contributed by atoms with Gasteiger partial charge in [-0.15, -0.1) is 0 Å². The minimum atomic E-state index is -0.0978. The third-order valence-electron chi connectivity index (χ3n) is 4.76. The van der Waals surface area contributed by atoms with Crippen LogP contribution in [-0.4, -0.2) is 12.5 Å². The van der Waals surface area contributed by atoms with Crippen molar-refractivity contribution < 1.29 is 9.53 Å². The SMILES string of the molecule is CCOc1cc2c(cc1NC(=O)c1ccc(C(C)(C)C)cc1)CCC2. The summed E-state index contributed by atoms with van der Waals surface area (Å²) >= 11 is 0. The molecule has 132 valence electrons. The zero-order valence-electron chi connectivity index (χ0n) is 15.6. The lowest BCUT2D eigenvalue weighted by Crippen LogP contribution is -2.15. The molecule has 1 amide bonds. The van der Waals surface area contributed by atoms with Crippen LogP contribution in [0.4, 0.5) is 5.69 Å². The Labute approximate surface area is 150 Å². The van der Waals surface area contributed by atoms with E-state index in [0.29, 0.717) is 12.2 Å². The van der Waals surface area contributed by atoms with Crippen LogP contribution in [0.15, 0.2) is 36.4 Å². The number of carbonyl (C=O) groups is 1. The summed E-state index contributed by atoms with van der Waals surface area (Å²) in [4.78, 5) is 12.7. The summed E-state index contributed by atoms with van der Waals surface area (Å²) in [6, 6.07) is 12.0. The molecule has 25 heavy (non-hydrogen) atoms. The number of amides is 1. The highest BCUT2D eigenvalue weighted by atomic mass is 16.5. The van der Waals surface area contributed by atoms with E-state index in [4.69, 9.17) is 4.74 Å². The first-order valence-electron chi connectivity index (χ1n) is 9.09. The molecule has 0 saturated heterocycles. The van der Waals surface area contributed by atoms with E-state index in [1.54, 1.807) is 0 Å². The highest BCUT2D eigenvalue weighted by molar-refractivity contribution is 6.05. The molecule has 0 atom stereocenters. The fourth-order valence-electron chi connectivity index (χ4n) is 3.29. The number of nitrogens with one attached hydrogen (secondary N) is 1. The van der Waals surface area contributed by atoms with Crippen LogP contribution in [0.3, 0.4) is 0 Å². The van der Waals surface area contributed by atoms with Gasteiger partial charge in [0.15, 0.2) is 0 Å². The van der Waals surface area contributed by atoms with Crippen molar-refractivity contribution in [2.24, 2.45) is 0 Å². The van der Waals surface area contributed by atoms with Gasteiger partial charge < -0.3 is 10.1 Å². The number of aryl methyl sites for hydroxylation is 2. The lowest BCUT2D eigenvalue weighted by molar-refractivity contribution is 0.102. The van der Waals surface area contributed by atoms with Crippen LogP contribution in [0, 0.1) is 0 Å². The Bertz CT molecular complexity index is 770. The Hall–Kier alpha value is -2.29. The first kappa shape index (κ1) is 17.5. The van der Waals surface area contributed by atoms with Crippen molar-refractivity contribution in [1.82, 2.24) is 0 Å². The quantitative estimate of drug-likeness (QED) is 0.840. The van der Waals surface area contributed by atoms with Gasteiger partial charge in [-0.25, -0.2) is 0 Å². The first-order valence-corrected chi connectivity index (χ1v) is 9.09. The van der Waals surface area contributed by atoms with Crippen molar-refractivity contribution in [3.05, 3.63) is 58.7 Å². The predicted octanol–water partition coefficient (Wildman–Crippen LogP) is 5.12. The maximum atomic E-state index is 12.7. The highest BCUT2D eigenvalue weighted by Crippen LogP contribution is 2.34. The van der Waals surface area contributed by atoms with Crippen LogP contribution < -0.4 is 10.1 Å². The molecule has 0 fully saturated rings. The van der Waals surface area contributed by atoms with E-state index in [1.165, 1.54) is 23.1 Å². The topological polar surface area (TPSA) is 38.3 Å². The molecule has 1 N–H and O–H groups in total. The molecule has 3 nitrogen and oxygen atoms in total. The van der Waals surface area contributed by atoms with E-state index >= 15 is 0 Å². The van der Waals surface area contributed by atoms with Crippen molar-refractivity contribution in [3.63, 3.8) is 0 Å². The van der Waals surface area contributed by atoms with E-state index in [1.807, 2.05) is 31.2 Å². The van der Waals surface area contributed by atoms with Crippen molar-refractivity contribution in [3.8, 4) is 5.75 Å².